The van der Waals surface area contributed by atoms with Crippen LogP contribution in [0.5, 0.6) is 5.75 Å². The Labute approximate surface area is 257 Å². The van der Waals surface area contributed by atoms with Crippen molar-refractivity contribution < 1.29 is 28.9 Å². The summed E-state index contributed by atoms with van der Waals surface area (Å²) in [4.78, 5) is 29.1. The Morgan fingerprint density at radius 2 is 1.65 bits per heavy atom. The van der Waals surface area contributed by atoms with Gasteiger partial charge < -0.3 is 29.5 Å². The second-order valence-electron chi connectivity index (χ2n) is 14.4. The van der Waals surface area contributed by atoms with E-state index in [0.717, 1.165) is 16.9 Å². The van der Waals surface area contributed by atoms with E-state index in [9.17, 15) is 14.7 Å². The standard InChI is InChI=1S/C35H50N2O6/c1-21(2)33-42-19-24(20-43-33)31(38)37-29(22-13-11-10-12-14-22)28(27(35(6,7)8)30(37)32(39)40)36-18-23-17-25(34(3,4)5)15-16-26(23)41-9/h10-17,21,24,27-30,33,36H,18-20H2,1-9H3,(H,39,40)/t24?,27-,28-,29-,30-,33?/m0/s1. The van der Waals surface area contributed by atoms with E-state index in [1.807, 2.05) is 50.2 Å². The van der Waals surface area contributed by atoms with Crippen molar-refractivity contribution in [2.75, 3.05) is 20.3 Å². The molecule has 2 heterocycles. The summed E-state index contributed by atoms with van der Waals surface area (Å²) >= 11 is 0. The molecular formula is C35H50N2O6. The highest BCUT2D eigenvalue weighted by Crippen LogP contribution is 2.49. The molecule has 0 unspecified atom stereocenters. The third kappa shape index (κ3) is 7.08. The van der Waals surface area contributed by atoms with E-state index in [2.05, 4.69) is 59.0 Å². The Balaban J connectivity index is 1.78. The van der Waals surface area contributed by atoms with Gasteiger partial charge in [0, 0.05) is 30.0 Å². The van der Waals surface area contributed by atoms with Gasteiger partial charge in [-0.3, -0.25) is 4.79 Å². The number of rotatable bonds is 8. The Morgan fingerprint density at radius 1 is 1.02 bits per heavy atom. The average Bonchev–Trinajstić information content (AvgIpc) is 3.31. The number of amides is 1. The van der Waals surface area contributed by atoms with E-state index >= 15 is 0 Å². The number of carbonyl (C=O) groups excluding carboxylic acids is 1. The number of carboxylic acid groups (broad SMARTS) is 1. The molecule has 0 aliphatic carbocycles. The molecule has 2 aliphatic heterocycles. The van der Waals surface area contributed by atoms with E-state index in [1.165, 1.54) is 5.56 Å². The summed E-state index contributed by atoms with van der Waals surface area (Å²) in [6.07, 6.45) is -0.376. The van der Waals surface area contributed by atoms with E-state index in [1.54, 1.807) is 12.0 Å². The van der Waals surface area contributed by atoms with Crippen LogP contribution in [0.1, 0.15) is 78.1 Å². The molecule has 0 spiro atoms. The highest BCUT2D eigenvalue weighted by atomic mass is 16.7. The molecule has 8 heteroatoms. The van der Waals surface area contributed by atoms with Crippen molar-refractivity contribution in [2.24, 2.45) is 23.2 Å². The van der Waals surface area contributed by atoms with Gasteiger partial charge in [-0.25, -0.2) is 4.79 Å². The molecule has 236 valence electrons. The first kappa shape index (κ1) is 33.0. The molecule has 0 saturated carbocycles. The van der Waals surface area contributed by atoms with E-state index in [4.69, 9.17) is 14.2 Å². The van der Waals surface area contributed by atoms with Gasteiger partial charge in [0.15, 0.2) is 6.29 Å². The predicted molar refractivity (Wildman–Crippen MR) is 167 cm³/mol. The summed E-state index contributed by atoms with van der Waals surface area (Å²) < 4.78 is 17.6. The fourth-order valence-electron chi connectivity index (χ4n) is 6.60. The fraction of sp³-hybridized carbons (Fsp3) is 0.600. The lowest BCUT2D eigenvalue weighted by Crippen LogP contribution is -2.51. The van der Waals surface area contributed by atoms with Gasteiger partial charge in [-0.15, -0.1) is 0 Å². The van der Waals surface area contributed by atoms with Gasteiger partial charge in [-0.1, -0.05) is 97.9 Å². The zero-order valence-corrected chi connectivity index (χ0v) is 27.2. The van der Waals surface area contributed by atoms with Gasteiger partial charge in [0.25, 0.3) is 0 Å². The number of carbonyl (C=O) groups is 2. The first-order valence-electron chi connectivity index (χ1n) is 15.4. The Kier molecular flexibility index (Phi) is 9.94. The molecule has 2 saturated heterocycles. The minimum Gasteiger partial charge on any atom is -0.496 e. The number of benzene rings is 2. The molecule has 2 aliphatic rings. The van der Waals surface area contributed by atoms with Gasteiger partial charge in [-0.05, 0) is 28.0 Å². The van der Waals surface area contributed by atoms with Crippen molar-refractivity contribution in [1.82, 2.24) is 10.2 Å². The smallest absolute Gasteiger partial charge is 0.326 e. The number of ether oxygens (including phenoxy) is 3. The number of hydrogen-bond acceptors (Lipinski definition) is 6. The number of methoxy groups -OCH3 is 1. The molecule has 0 radical (unpaired) electrons. The van der Waals surface area contributed by atoms with Crippen LogP contribution in [0.4, 0.5) is 0 Å². The highest BCUT2D eigenvalue weighted by molar-refractivity contribution is 5.87. The van der Waals surface area contributed by atoms with Gasteiger partial charge in [0.1, 0.15) is 11.8 Å². The van der Waals surface area contributed by atoms with Crippen molar-refractivity contribution >= 4 is 11.9 Å². The summed E-state index contributed by atoms with van der Waals surface area (Å²) in [5.74, 6) is -1.34. The van der Waals surface area contributed by atoms with Crippen LogP contribution in [0.15, 0.2) is 48.5 Å². The lowest BCUT2D eigenvalue weighted by Gasteiger charge is -2.37. The first-order valence-corrected chi connectivity index (χ1v) is 15.4. The third-order valence-electron chi connectivity index (χ3n) is 8.81. The maximum absolute atomic E-state index is 14.4. The van der Waals surface area contributed by atoms with E-state index in [-0.39, 0.29) is 42.8 Å². The molecule has 2 N–H and O–H groups in total. The molecule has 4 atom stereocenters. The molecular weight excluding hydrogens is 544 g/mol. The number of hydrogen-bond donors (Lipinski definition) is 2. The highest BCUT2D eigenvalue weighted by Gasteiger charge is 2.58. The van der Waals surface area contributed by atoms with Crippen molar-refractivity contribution in [2.45, 2.75) is 91.8 Å². The molecule has 2 aromatic rings. The number of likely N-dealkylation sites (tertiary alicyclic amines) is 1. The summed E-state index contributed by atoms with van der Waals surface area (Å²) in [6.45, 7) is 17.5. The van der Waals surface area contributed by atoms with Crippen molar-refractivity contribution in [3.63, 3.8) is 0 Å². The topological polar surface area (TPSA) is 97.3 Å². The zero-order valence-electron chi connectivity index (χ0n) is 27.2. The van der Waals surface area contributed by atoms with Gasteiger partial charge in [0.05, 0.1) is 32.3 Å². The van der Waals surface area contributed by atoms with Crippen LogP contribution in [-0.4, -0.2) is 60.6 Å². The molecule has 43 heavy (non-hydrogen) atoms. The molecule has 0 aromatic heterocycles. The van der Waals surface area contributed by atoms with Crippen molar-refractivity contribution in [3.8, 4) is 5.75 Å². The summed E-state index contributed by atoms with van der Waals surface area (Å²) in [6, 6.07) is 14.1. The summed E-state index contributed by atoms with van der Waals surface area (Å²) in [5, 5.41) is 14.5. The number of aliphatic carboxylic acids is 1. The quantitative estimate of drug-likeness (QED) is 0.399. The zero-order chi connectivity index (χ0) is 31.7. The Bertz CT molecular complexity index is 1260. The predicted octanol–water partition coefficient (Wildman–Crippen LogP) is 5.80. The monoisotopic (exact) mass is 594 g/mol. The molecule has 0 bridgehead atoms. The van der Waals surface area contributed by atoms with Gasteiger partial charge >= 0.3 is 5.97 Å². The first-order chi connectivity index (χ1) is 20.1. The van der Waals surface area contributed by atoms with Crippen LogP contribution in [0.3, 0.4) is 0 Å². The second kappa shape index (κ2) is 13.0. The minimum atomic E-state index is -1.04. The largest absolute Gasteiger partial charge is 0.496 e. The number of nitrogens with one attached hydrogen (secondary N) is 1. The Hall–Kier alpha value is -2.94. The molecule has 1 amide bonds. The molecule has 4 rings (SSSR count). The summed E-state index contributed by atoms with van der Waals surface area (Å²) in [7, 11) is 1.66. The van der Waals surface area contributed by atoms with E-state index < -0.39 is 35.3 Å². The number of carboxylic acids is 1. The van der Waals surface area contributed by atoms with Crippen molar-refractivity contribution in [1.29, 1.82) is 0 Å². The van der Waals surface area contributed by atoms with Gasteiger partial charge in [-0.2, -0.15) is 0 Å². The molecule has 8 nitrogen and oxygen atoms in total. The van der Waals surface area contributed by atoms with Crippen molar-refractivity contribution in [3.05, 3.63) is 65.2 Å². The Morgan fingerprint density at radius 3 is 2.16 bits per heavy atom. The van der Waals surface area contributed by atoms with Crippen LogP contribution in [-0.2, 0) is 31.0 Å². The van der Waals surface area contributed by atoms with Crippen LogP contribution in [0, 0.1) is 23.2 Å². The minimum absolute atomic E-state index is 0.0504. The summed E-state index contributed by atoms with van der Waals surface area (Å²) in [5.41, 5.74) is 2.56. The second-order valence-corrected chi connectivity index (χ2v) is 14.4. The maximum Gasteiger partial charge on any atom is 0.326 e. The SMILES string of the molecule is COc1ccc(C(C)(C)C)cc1CN[C@H]1[C@H](C(C)(C)C)[C@@H](C(=O)O)N(C(=O)C2COC(C(C)C)OC2)[C@H]1c1ccccc1. The number of nitrogens with zero attached hydrogens (tertiary/aromatic N) is 1. The van der Waals surface area contributed by atoms with Crippen LogP contribution < -0.4 is 10.1 Å². The average molecular weight is 595 g/mol. The fourth-order valence-corrected chi connectivity index (χ4v) is 6.60. The molecule has 2 fully saturated rings. The van der Waals surface area contributed by atoms with E-state index in [0.29, 0.717) is 6.54 Å². The maximum atomic E-state index is 14.4. The third-order valence-corrected chi connectivity index (χ3v) is 8.81. The lowest BCUT2D eigenvalue weighted by atomic mass is 9.72. The lowest BCUT2D eigenvalue weighted by molar-refractivity contribution is -0.221. The normalized spacial score (nSPS) is 26.5. The molecule has 2 aromatic carbocycles. The van der Waals surface area contributed by atoms with Crippen LogP contribution in [0.25, 0.3) is 0 Å². The van der Waals surface area contributed by atoms with Crippen LogP contribution >= 0.6 is 0 Å². The van der Waals surface area contributed by atoms with Crippen LogP contribution in [0.2, 0.25) is 0 Å². The van der Waals surface area contributed by atoms with Gasteiger partial charge in [0.2, 0.25) is 5.91 Å².